The fourth-order valence-corrected chi connectivity index (χ4v) is 7.19. The minimum Gasteiger partial charge on any atom is -0.490 e. The van der Waals surface area contributed by atoms with Gasteiger partial charge in [0.2, 0.25) is 0 Å². The maximum atomic E-state index is 14.3. The largest absolute Gasteiger partial charge is 0.490 e. The summed E-state index contributed by atoms with van der Waals surface area (Å²) in [4.78, 5) is 16.9. The average Bonchev–Trinajstić information content (AvgIpc) is 2.91. The van der Waals surface area contributed by atoms with Gasteiger partial charge in [0.25, 0.3) is 0 Å². The first-order valence-corrected chi connectivity index (χ1v) is 14.3. The lowest BCUT2D eigenvalue weighted by Crippen LogP contribution is -2.56. The number of esters is 1. The Hall–Kier alpha value is -2.35. The SMILES string of the molecule is COC(=O)C12CCC(NCc3ccc4c(C(F)(F)F)c(O[C@H]5CC[C@H](C(C)(C)C)CC5)ccc4n3)(CC1)CC2. The summed E-state index contributed by atoms with van der Waals surface area (Å²) in [6, 6.07) is 6.31. The van der Waals surface area contributed by atoms with Crippen molar-refractivity contribution < 1.29 is 27.4 Å². The number of ether oxygens (including phenoxy) is 2. The van der Waals surface area contributed by atoms with Gasteiger partial charge in [0.05, 0.1) is 29.8 Å². The van der Waals surface area contributed by atoms with E-state index in [2.05, 4.69) is 31.1 Å². The van der Waals surface area contributed by atoms with Gasteiger partial charge in [0.1, 0.15) is 11.3 Å². The molecular weight excluding hydrogens is 505 g/mol. The number of halogens is 3. The first-order valence-electron chi connectivity index (χ1n) is 14.3. The van der Waals surface area contributed by atoms with Crippen LogP contribution in [0, 0.1) is 16.7 Å². The van der Waals surface area contributed by atoms with Gasteiger partial charge in [-0.25, -0.2) is 0 Å². The predicted octanol–water partition coefficient (Wildman–Crippen LogP) is 7.59. The Labute approximate surface area is 229 Å². The highest BCUT2D eigenvalue weighted by molar-refractivity contribution is 5.85. The Kier molecular flexibility index (Phi) is 7.40. The van der Waals surface area contributed by atoms with Crippen molar-refractivity contribution in [2.24, 2.45) is 16.7 Å². The monoisotopic (exact) mass is 546 g/mol. The first-order chi connectivity index (χ1) is 18.3. The van der Waals surface area contributed by atoms with Crippen LogP contribution in [0.4, 0.5) is 13.2 Å². The van der Waals surface area contributed by atoms with Crippen LogP contribution in [0.25, 0.3) is 10.9 Å². The number of fused-ring (bicyclic) bond motifs is 4. The van der Waals surface area contributed by atoms with Gasteiger partial charge in [-0.15, -0.1) is 0 Å². The number of benzene rings is 1. The molecular formula is C31H41F3N2O3. The number of nitrogens with one attached hydrogen (secondary N) is 1. The fourth-order valence-electron chi connectivity index (χ4n) is 7.19. The van der Waals surface area contributed by atoms with Crippen molar-refractivity contribution in [1.29, 1.82) is 0 Å². The van der Waals surface area contributed by atoms with Crippen LogP contribution in [0.1, 0.15) is 96.2 Å². The third-order valence-corrected chi connectivity index (χ3v) is 9.88. The van der Waals surface area contributed by atoms with Crippen molar-refractivity contribution in [3.63, 3.8) is 0 Å². The molecule has 4 aliphatic rings. The van der Waals surface area contributed by atoms with E-state index in [1.165, 1.54) is 19.2 Å². The van der Waals surface area contributed by atoms with Gasteiger partial charge in [-0.1, -0.05) is 26.8 Å². The number of carbonyl (C=O) groups excluding carboxylic acids is 1. The maximum Gasteiger partial charge on any atom is 0.420 e. The smallest absolute Gasteiger partial charge is 0.420 e. The summed E-state index contributed by atoms with van der Waals surface area (Å²) in [5.74, 6) is 0.358. The molecule has 39 heavy (non-hydrogen) atoms. The van der Waals surface area contributed by atoms with E-state index in [0.717, 1.165) is 64.2 Å². The van der Waals surface area contributed by atoms with Crippen LogP contribution in [0.15, 0.2) is 24.3 Å². The van der Waals surface area contributed by atoms with E-state index in [9.17, 15) is 18.0 Å². The predicted molar refractivity (Wildman–Crippen MR) is 144 cm³/mol. The Bertz CT molecular complexity index is 1190. The molecule has 2 aromatic rings. The van der Waals surface area contributed by atoms with Crippen LogP contribution in [-0.2, 0) is 22.3 Å². The molecule has 0 atom stereocenters. The van der Waals surface area contributed by atoms with Crippen molar-refractivity contribution in [1.82, 2.24) is 10.3 Å². The van der Waals surface area contributed by atoms with E-state index in [-0.39, 0.29) is 39.6 Å². The highest BCUT2D eigenvalue weighted by Crippen LogP contribution is 2.53. The number of hydrogen-bond donors (Lipinski definition) is 1. The molecule has 1 aromatic carbocycles. The topological polar surface area (TPSA) is 60.5 Å². The number of nitrogens with zero attached hydrogens (tertiary/aromatic N) is 1. The van der Waals surface area contributed by atoms with Crippen molar-refractivity contribution in [2.45, 2.75) is 109 Å². The molecule has 1 heterocycles. The van der Waals surface area contributed by atoms with Crippen molar-refractivity contribution in [3.8, 4) is 5.75 Å². The highest BCUT2D eigenvalue weighted by Gasteiger charge is 2.52. The molecule has 4 fully saturated rings. The van der Waals surface area contributed by atoms with Crippen molar-refractivity contribution >= 4 is 16.9 Å². The number of hydrogen-bond acceptors (Lipinski definition) is 5. The molecule has 0 amide bonds. The van der Waals surface area contributed by atoms with E-state index in [1.54, 1.807) is 12.1 Å². The second kappa shape index (κ2) is 10.2. The molecule has 214 valence electrons. The molecule has 6 rings (SSSR count). The van der Waals surface area contributed by atoms with Crippen LogP contribution in [-0.4, -0.2) is 29.7 Å². The maximum absolute atomic E-state index is 14.3. The van der Waals surface area contributed by atoms with Crippen molar-refractivity contribution in [2.75, 3.05) is 7.11 Å². The third kappa shape index (κ3) is 5.63. The third-order valence-electron chi connectivity index (χ3n) is 9.88. The van der Waals surface area contributed by atoms with Crippen LogP contribution >= 0.6 is 0 Å². The van der Waals surface area contributed by atoms with E-state index < -0.39 is 11.7 Å². The van der Waals surface area contributed by atoms with Gasteiger partial charge in [0, 0.05) is 17.5 Å². The molecule has 0 radical (unpaired) electrons. The molecule has 1 N–H and O–H groups in total. The summed E-state index contributed by atoms with van der Waals surface area (Å²) >= 11 is 0. The van der Waals surface area contributed by atoms with E-state index in [0.29, 0.717) is 23.7 Å². The van der Waals surface area contributed by atoms with Gasteiger partial charge >= 0.3 is 12.1 Å². The molecule has 8 heteroatoms. The minimum absolute atomic E-state index is 0.0623. The Balaban J connectivity index is 1.29. The number of alkyl halides is 3. The highest BCUT2D eigenvalue weighted by atomic mass is 19.4. The number of methoxy groups -OCH3 is 1. The molecule has 4 aliphatic carbocycles. The van der Waals surface area contributed by atoms with Crippen LogP contribution in [0.3, 0.4) is 0 Å². The second-order valence-corrected chi connectivity index (χ2v) is 13.2. The Morgan fingerprint density at radius 3 is 2.18 bits per heavy atom. The molecule has 0 unspecified atom stereocenters. The molecule has 0 saturated heterocycles. The van der Waals surface area contributed by atoms with Crippen LogP contribution in [0.2, 0.25) is 0 Å². The second-order valence-electron chi connectivity index (χ2n) is 13.2. The summed E-state index contributed by atoms with van der Waals surface area (Å²) in [6.07, 6.45) is 3.75. The number of aromatic nitrogens is 1. The molecule has 2 bridgehead atoms. The first kappa shape index (κ1) is 28.2. The number of rotatable bonds is 6. The van der Waals surface area contributed by atoms with Gasteiger partial charge in [-0.05, 0) is 93.7 Å². The number of pyridine rings is 1. The summed E-state index contributed by atoms with van der Waals surface area (Å²) in [6.45, 7) is 7.14. The fraction of sp³-hybridized carbons (Fsp3) is 0.677. The van der Waals surface area contributed by atoms with E-state index in [1.807, 2.05) is 0 Å². The zero-order chi connectivity index (χ0) is 28.1. The van der Waals surface area contributed by atoms with Crippen LogP contribution < -0.4 is 10.1 Å². The lowest BCUT2D eigenvalue weighted by Gasteiger charge is -2.52. The van der Waals surface area contributed by atoms with Gasteiger partial charge < -0.3 is 14.8 Å². The average molecular weight is 547 g/mol. The van der Waals surface area contributed by atoms with E-state index >= 15 is 0 Å². The molecule has 4 saturated carbocycles. The molecule has 1 aromatic heterocycles. The summed E-state index contributed by atoms with van der Waals surface area (Å²) in [5.41, 5.74) is 0.0772. The van der Waals surface area contributed by atoms with Crippen molar-refractivity contribution in [3.05, 3.63) is 35.5 Å². The van der Waals surface area contributed by atoms with Gasteiger partial charge in [0.15, 0.2) is 0 Å². The summed E-state index contributed by atoms with van der Waals surface area (Å²) in [7, 11) is 1.45. The molecule has 5 nitrogen and oxygen atoms in total. The Morgan fingerprint density at radius 1 is 0.974 bits per heavy atom. The zero-order valence-corrected chi connectivity index (χ0v) is 23.5. The lowest BCUT2D eigenvalue weighted by atomic mass is 9.57. The van der Waals surface area contributed by atoms with Gasteiger partial charge in [-0.3, -0.25) is 9.78 Å². The normalized spacial score (nSPS) is 29.4. The summed E-state index contributed by atoms with van der Waals surface area (Å²) < 4.78 is 54.0. The van der Waals surface area contributed by atoms with Gasteiger partial charge in [-0.2, -0.15) is 13.2 Å². The summed E-state index contributed by atoms with van der Waals surface area (Å²) in [5, 5.41) is 3.71. The van der Waals surface area contributed by atoms with Crippen LogP contribution in [0.5, 0.6) is 5.75 Å². The molecule has 0 spiro atoms. The standard InChI is InChI=1S/C31H41F3N2O3/c1-28(2,3)20-5-8-22(9-6-20)39-25-12-11-24-23(26(25)31(32,33)34)10-7-21(36-24)19-35-30-16-13-29(14-17-30,15-18-30)27(37)38-4/h7,10-12,20,22,35H,5-6,8-9,13-19H2,1-4H3/t20-,22-,29?,30?. The quantitative estimate of drug-likeness (QED) is 0.378. The number of carbonyl (C=O) groups is 1. The zero-order valence-electron chi connectivity index (χ0n) is 23.5. The minimum atomic E-state index is -4.55. The lowest BCUT2D eigenvalue weighted by molar-refractivity contribution is -0.160. The Morgan fingerprint density at radius 2 is 1.62 bits per heavy atom. The van der Waals surface area contributed by atoms with E-state index in [4.69, 9.17) is 9.47 Å². The molecule has 0 aliphatic heterocycles.